The fourth-order valence-electron chi connectivity index (χ4n) is 0.880. The molecular weight excluding hydrogens is 205 g/mol. The molecule has 0 aliphatic heterocycles. The molecule has 0 aliphatic rings. The van der Waals surface area contributed by atoms with Gasteiger partial charge in [0, 0.05) is 13.2 Å². The van der Waals surface area contributed by atoms with Gasteiger partial charge in [-0.1, -0.05) is 13.3 Å². The summed E-state index contributed by atoms with van der Waals surface area (Å²) in [6, 6.07) is 0. The molecule has 0 aromatic rings. The molecule has 0 unspecified atom stereocenters. The molecular formula is C6H20N5PS. The van der Waals surface area contributed by atoms with Crippen LogP contribution in [0.3, 0.4) is 0 Å². The van der Waals surface area contributed by atoms with Crippen molar-refractivity contribution in [3.8, 4) is 0 Å². The van der Waals surface area contributed by atoms with Gasteiger partial charge in [0.1, 0.15) is 6.49 Å². The number of nitrogens with zero attached hydrogens (tertiary/aromatic N) is 1. The Hall–Kier alpha value is 0.450. The van der Waals surface area contributed by atoms with Crippen LogP contribution in [0.15, 0.2) is 0 Å². The molecule has 0 rings (SSSR count). The first kappa shape index (κ1) is 13.4. The van der Waals surface area contributed by atoms with Gasteiger partial charge in [-0.3, -0.25) is 16.3 Å². The highest BCUT2D eigenvalue weighted by Crippen LogP contribution is 2.31. The molecule has 0 bridgehead atoms. The lowest BCUT2D eigenvalue weighted by molar-refractivity contribution is 0.404. The van der Waals surface area contributed by atoms with E-state index in [0.717, 1.165) is 19.4 Å². The Bertz CT molecular complexity index is 162. The van der Waals surface area contributed by atoms with Gasteiger partial charge in [0.25, 0.3) is 0 Å². The van der Waals surface area contributed by atoms with Gasteiger partial charge in [0.05, 0.1) is 6.67 Å². The van der Waals surface area contributed by atoms with E-state index in [0.29, 0.717) is 13.3 Å². The largest absolute Gasteiger partial charge is 0.318 e. The van der Waals surface area contributed by atoms with Gasteiger partial charge < -0.3 is 5.73 Å². The lowest BCUT2D eigenvalue weighted by Crippen LogP contribution is -2.39. The summed E-state index contributed by atoms with van der Waals surface area (Å²) in [5, 5.41) is 2.97. The van der Waals surface area contributed by atoms with Gasteiger partial charge in [0.2, 0.25) is 0 Å². The van der Waals surface area contributed by atoms with E-state index >= 15 is 0 Å². The summed E-state index contributed by atoms with van der Waals surface area (Å²) in [4.78, 5) is 0. The Balaban J connectivity index is 3.96. The zero-order valence-corrected chi connectivity index (χ0v) is 9.78. The van der Waals surface area contributed by atoms with Crippen molar-refractivity contribution in [1.82, 2.24) is 9.99 Å². The van der Waals surface area contributed by atoms with E-state index in [1.165, 1.54) is 0 Å². The molecule has 0 atom stereocenters. The lowest BCUT2D eigenvalue weighted by atomic mass is 10.3. The molecule has 0 aliphatic carbocycles. The van der Waals surface area contributed by atoms with Crippen molar-refractivity contribution in [2.24, 2.45) is 16.7 Å². The van der Waals surface area contributed by atoms with Crippen LogP contribution in [0, 0.1) is 0 Å². The molecule has 5 nitrogen and oxygen atoms in total. The van der Waals surface area contributed by atoms with Gasteiger partial charge >= 0.3 is 0 Å². The summed E-state index contributed by atoms with van der Waals surface area (Å²) in [6.07, 6.45) is 2.16. The quantitative estimate of drug-likeness (QED) is 0.351. The minimum absolute atomic E-state index is 0.415. The van der Waals surface area contributed by atoms with E-state index in [9.17, 15) is 0 Å². The highest BCUT2D eigenvalue weighted by molar-refractivity contribution is 8.11. The van der Waals surface area contributed by atoms with E-state index in [-0.39, 0.29) is 0 Å². The lowest BCUT2D eigenvalue weighted by Gasteiger charge is -2.28. The van der Waals surface area contributed by atoms with Gasteiger partial charge in [0.15, 0.2) is 0 Å². The van der Waals surface area contributed by atoms with Crippen LogP contribution in [0.2, 0.25) is 0 Å². The fraction of sp³-hybridized carbons (Fsp3) is 1.00. The first-order valence-corrected chi connectivity index (χ1v) is 7.25. The topological polar surface area (TPSA) is 93.3 Å². The predicted octanol–water partition coefficient (Wildman–Crippen LogP) is -0.306. The second kappa shape index (κ2) is 6.84. The summed E-state index contributed by atoms with van der Waals surface area (Å²) < 4.78 is 1.90. The maximum atomic E-state index is 5.71. The minimum Gasteiger partial charge on any atom is -0.318 e. The SMILES string of the molecule is CCCCN(CNCN)P(N)(N)=S. The molecule has 7 heteroatoms. The molecule has 0 saturated carbocycles. The second-order valence-electron chi connectivity index (χ2n) is 2.87. The molecule has 7 N–H and O–H groups in total. The maximum absolute atomic E-state index is 5.71. The number of hydrogen-bond donors (Lipinski definition) is 4. The first-order chi connectivity index (χ1) is 6.02. The number of unbranched alkanes of at least 4 members (excludes halogenated alkanes) is 1. The Morgan fingerprint density at radius 2 is 2.08 bits per heavy atom. The Morgan fingerprint density at radius 3 is 2.46 bits per heavy atom. The second-order valence-corrected chi connectivity index (χ2v) is 6.53. The van der Waals surface area contributed by atoms with Crippen molar-refractivity contribution >= 4 is 18.3 Å². The Kier molecular flexibility index (Phi) is 7.07. The van der Waals surface area contributed by atoms with Gasteiger partial charge in [-0.2, -0.15) is 0 Å². The summed E-state index contributed by atoms with van der Waals surface area (Å²) in [7, 11) is 0. The van der Waals surface area contributed by atoms with Gasteiger partial charge in [-0.15, -0.1) is 0 Å². The van der Waals surface area contributed by atoms with Crippen molar-refractivity contribution in [3.63, 3.8) is 0 Å². The molecule has 0 fully saturated rings. The summed E-state index contributed by atoms with van der Waals surface area (Å²) in [5.41, 5.74) is 16.7. The van der Waals surface area contributed by atoms with E-state index in [2.05, 4.69) is 12.2 Å². The maximum Gasteiger partial charge on any atom is 0.136 e. The number of rotatable bonds is 7. The summed E-state index contributed by atoms with van der Waals surface area (Å²) >= 11 is 5.04. The first-order valence-electron chi connectivity index (χ1n) is 4.35. The normalized spacial score (nSPS) is 12.4. The molecule has 13 heavy (non-hydrogen) atoms. The van der Waals surface area contributed by atoms with Crippen LogP contribution in [0.5, 0.6) is 0 Å². The van der Waals surface area contributed by atoms with Crippen LogP contribution in [0.4, 0.5) is 0 Å². The van der Waals surface area contributed by atoms with Crippen LogP contribution < -0.4 is 22.1 Å². The van der Waals surface area contributed by atoms with E-state index in [4.69, 9.17) is 28.5 Å². The third-order valence-corrected chi connectivity index (χ3v) is 3.57. The van der Waals surface area contributed by atoms with Gasteiger partial charge in [-0.05, 0) is 18.2 Å². The van der Waals surface area contributed by atoms with Crippen molar-refractivity contribution in [2.75, 3.05) is 19.9 Å². The fourth-order valence-corrected chi connectivity index (χ4v) is 2.07. The van der Waals surface area contributed by atoms with E-state index in [1.54, 1.807) is 0 Å². The van der Waals surface area contributed by atoms with E-state index in [1.807, 2.05) is 4.67 Å². The van der Waals surface area contributed by atoms with E-state index < -0.39 is 6.49 Å². The highest BCUT2D eigenvalue weighted by Gasteiger charge is 2.14. The van der Waals surface area contributed by atoms with Crippen LogP contribution in [-0.4, -0.2) is 24.6 Å². The average molecular weight is 225 g/mol. The third-order valence-electron chi connectivity index (χ3n) is 1.65. The zero-order valence-electron chi connectivity index (χ0n) is 8.07. The van der Waals surface area contributed by atoms with Crippen molar-refractivity contribution < 1.29 is 0 Å². The minimum atomic E-state index is -2.29. The van der Waals surface area contributed by atoms with Crippen LogP contribution in [0.1, 0.15) is 19.8 Å². The number of hydrogen-bond acceptors (Lipinski definition) is 3. The Labute approximate surface area is 85.2 Å². The molecule has 0 heterocycles. The monoisotopic (exact) mass is 225 g/mol. The van der Waals surface area contributed by atoms with Crippen LogP contribution in [0.25, 0.3) is 0 Å². The van der Waals surface area contributed by atoms with Gasteiger partial charge in [-0.25, -0.2) is 4.67 Å². The molecule has 0 aromatic carbocycles. The average Bonchev–Trinajstić information content (AvgIpc) is 2.02. The molecule has 0 aromatic heterocycles. The predicted molar refractivity (Wildman–Crippen MR) is 61.3 cm³/mol. The molecule has 80 valence electrons. The third kappa shape index (κ3) is 6.51. The summed E-state index contributed by atoms with van der Waals surface area (Å²) in [6.45, 7) is 1.67. The van der Waals surface area contributed by atoms with Crippen LogP contribution >= 0.6 is 6.49 Å². The number of nitrogens with one attached hydrogen (secondary N) is 1. The smallest absolute Gasteiger partial charge is 0.136 e. The van der Waals surface area contributed by atoms with Crippen molar-refractivity contribution in [1.29, 1.82) is 0 Å². The Morgan fingerprint density at radius 1 is 1.46 bits per heavy atom. The molecule has 0 saturated heterocycles. The van der Waals surface area contributed by atoms with Crippen LogP contribution in [-0.2, 0) is 11.8 Å². The molecule has 0 amide bonds. The summed E-state index contributed by atoms with van der Waals surface area (Å²) in [5.74, 6) is 0. The standard InChI is InChI=1S/C6H20N5PS/c1-2-3-4-11(6-10-5-7)12(8,9)13/h10H,2-7H2,1H3,(H4,8,9,13). The zero-order chi connectivity index (χ0) is 10.3. The molecule has 0 spiro atoms. The van der Waals surface area contributed by atoms with Crippen molar-refractivity contribution in [3.05, 3.63) is 0 Å². The molecule has 0 radical (unpaired) electrons. The number of nitrogens with two attached hydrogens (primary N) is 3. The highest BCUT2D eigenvalue weighted by atomic mass is 32.4. The van der Waals surface area contributed by atoms with Crippen molar-refractivity contribution in [2.45, 2.75) is 19.8 Å².